The molecule has 0 radical (unpaired) electrons. The summed E-state index contributed by atoms with van der Waals surface area (Å²) in [4.78, 5) is 0. The number of rotatable bonds is 0. The fourth-order valence-electron chi connectivity index (χ4n) is 0.918. The maximum atomic E-state index is 9.09. The van der Waals surface area contributed by atoms with Crippen LogP contribution in [0.15, 0.2) is 0 Å². The summed E-state index contributed by atoms with van der Waals surface area (Å²) in [5, 5.41) is 1.89. The summed E-state index contributed by atoms with van der Waals surface area (Å²) in [6.07, 6.45) is 3.95. The van der Waals surface area contributed by atoms with Crippen molar-refractivity contribution in [2.24, 2.45) is 5.84 Å². The average Bonchev–Trinajstić information content (AvgIpc) is 1.87. The van der Waals surface area contributed by atoms with Gasteiger partial charge in [-0.2, -0.15) is 0 Å². The van der Waals surface area contributed by atoms with Crippen molar-refractivity contribution in [3.8, 4) is 0 Å². The van der Waals surface area contributed by atoms with Gasteiger partial charge in [0.2, 0.25) is 0 Å². The molecule has 1 aliphatic heterocycles. The Labute approximate surface area is 79.0 Å². The van der Waals surface area contributed by atoms with Crippen molar-refractivity contribution < 1.29 is 4.55 Å². The van der Waals surface area contributed by atoms with E-state index in [-0.39, 0.29) is 0 Å². The van der Waals surface area contributed by atoms with Crippen molar-refractivity contribution in [2.45, 2.75) is 19.3 Å². The Balaban J connectivity index is 0.000000218. The molecular formula is C5H12Cl2N2OS. The Morgan fingerprint density at radius 2 is 1.55 bits per heavy atom. The Bertz CT molecular complexity index is 87.8. The second kappa shape index (κ2) is 7.46. The second-order valence-electron chi connectivity index (χ2n) is 2.28. The molecule has 6 heteroatoms. The van der Waals surface area contributed by atoms with Gasteiger partial charge in [0.1, 0.15) is 0 Å². The van der Waals surface area contributed by atoms with Crippen LogP contribution in [0.2, 0.25) is 0 Å². The molecule has 0 aromatic rings. The molecule has 1 fully saturated rings. The van der Waals surface area contributed by atoms with Crippen LogP contribution in [0.3, 0.4) is 0 Å². The van der Waals surface area contributed by atoms with Gasteiger partial charge < -0.3 is 4.55 Å². The van der Waals surface area contributed by atoms with Gasteiger partial charge in [-0.1, -0.05) is 6.42 Å². The molecule has 1 rings (SSSR count). The van der Waals surface area contributed by atoms with E-state index in [0.717, 1.165) is 13.1 Å². The topological polar surface area (TPSA) is 52.3 Å². The van der Waals surface area contributed by atoms with E-state index < -0.39 is 9.60 Å². The molecule has 0 spiro atoms. The van der Waals surface area contributed by atoms with Crippen molar-refractivity contribution in [1.82, 2.24) is 5.01 Å². The fraction of sp³-hybridized carbons (Fsp3) is 1.00. The van der Waals surface area contributed by atoms with Gasteiger partial charge >= 0.3 is 0 Å². The van der Waals surface area contributed by atoms with Gasteiger partial charge in [0, 0.05) is 13.1 Å². The van der Waals surface area contributed by atoms with Gasteiger partial charge in [-0.25, -0.2) is 5.01 Å². The molecule has 1 heterocycles. The van der Waals surface area contributed by atoms with Gasteiger partial charge in [0.05, 0.1) is 0 Å². The monoisotopic (exact) mass is 218 g/mol. The molecule has 0 bridgehead atoms. The number of hydrogen-bond donors (Lipinski definition) is 1. The van der Waals surface area contributed by atoms with Crippen LogP contribution in [-0.2, 0) is 9.60 Å². The summed E-state index contributed by atoms with van der Waals surface area (Å²) >= 11 is 0. The first kappa shape index (κ1) is 11.8. The average molecular weight is 219 g/mol. The van der Waals surface area contributed by atoms with Gasteiger partial charge in [0.15, 0.2) is 31.0 Å². The normalized spacial score (nSPS) is 19.4. The summed E-state index contributed by atoms with van der Waals surface area (Å²) in [6.45, 7) is 2.19. The van der Waals surface area contributed by atoms with Crippen LogP contribution in [0.5, 0.6) is 0 Å². The largest absolute Gasteiger partial charge is 0.582 e. The van der Waals surface area contributed by atoms with Crippen molar-refractivity contribution >= 4 is 31.0 Å². The zero-order valence-corrected chi connectivity index (χ0v) is 8.46. The zero-order chi connectivity index (χ0) is 8.69. The molecule has 0 unspecified atom stereocenters. The molecule has 0 amide bonds. The lowest BCUT2D eigenvalue weighted by Gasteiger charge is -2.20. The van der Waals surface area contributed by atoms with E-state index >= 15 is 0 Å². The number of halogens is 2. The number of hydrogen-bond acceptors (Lipinski definition) is 3. The van der Waals surface area contributed by atoms with E-state index in [1.54, 1.807) is 0 Å². The Morgan fingerprint density at radius 1 is 1.18 bits per heavy atom. The van der Waals surface area contributed by atoms with Gasteiger partial charge in [-0.05, 0) is 12.8 Å². The first-order valence-corrected chi connectivity index (χ1v) is 6.17. The highest BCUT2D eigenvalue weighted by molar-refractivity contribution is 8.31. The number of nitrogens with two attached hydrogens (primary N) is 1. The molecule has 1 aliphatic rings. The van der Waals surface area contributed by atoms with Crippen molar-refractivity contribution in [3.63, 3.8) is 0 Å². The Kier molecular flexibility index (Phi) is 8.01. The Morgan fingerprint density at radius 3 is 1.73 bits per heavy atom. The zero-order valence-electron chi connectivity index (χ0n) is 6.13. The SMILES string of the molecule is NN1CCCCC1.[O-][S+](Cl)Cl. The molecule has 11 heavy (non-hydrogen) atoms. The highest BCUT2D eigenvalue weighted by atomic mass is 36.0. The van der Waals surface area contributed by atoms with Crippen LogP contribution >= 0.6 is 21.4 Å². The predicted molar refractivity (Wildman–Crippen MR) is 49.5 cm³/mol. The van der Waals surface area contributed by atoms with Gasteiger partial charge in [0.25, 0.3) is 0 Å². The maximum Gasteiger partial charge on any atom is 0.198 e. The van der Waals surface area contributed by atoms with E-state index in [0.29, 0.717) is 0 Å². The molecule has 68 valence electrons. The van der Waals surface area contributed by atoms with E-state index in [1.807, 2.05) is 5.01 Å². The molecule has 2 N–H and O–H groups in total. The number of nitrogens with zero attached hydrogens (tertiary/aromatic N) is 1. The van der Waals surface area contributed by atoms with Gasteiger partial charge in [-0.15, -0.1) is 0 Å². The lowest BCUT2D eigenvalue weighted by atomic mass is 10.2. The third-order valence-electron chi connectivity index (χ3n) is 1.39. The molecule has 0 saturated carbocycles. The molecule has 0 atom stereocenters. The maximum absolute atomic E-state index is 9.09. The third kappa shape index (κ3) is 10.8. The van der Waals surface area contributed by atoms with Crippen LogP contribution in [0, 0.1) is 0 Å². The molecular weight excluding hydrogens is 207 g/mol. The van der Waals surface area contributed by atoms with Crippen molar-refractivity contribution in [3.05, 3.63) is 0 Å². The molecule has 0 aromatic carbocycles. The van der Waals surface area contributed by atoms with E-state index in [1.165, 1.54) is 19.3 Å². The van der Waals surface area contributed by atoms with Crippen molar-refractivity contribution in [2.75, 3.05) is 13.1 Å². The van der Waals surface area contributed by atoms with E-state index in [4.69, 9.17) is 10.4 Å². The molecule has 0 aromatic heterocycles. The molecule has 1 saturated heterocycles. The lowest BCUT2D eigenvalue weighted by molar-refractivity contribution is 0.235. The van der Waals surface area contributed by atoms with Crippen molar-refractivity contribution in [1.29, 1.82) is 0 Å². The quantitative estimate of drug-likeness (QED) is 0.494. The number of hydrazine groups is 1. The predicted octanol–water partition coefficient (Wildman–Crippen LogP) is 1.39. The van der Waals surface area contributed by atoms with Crippen LogP contribution in [-0.4, -0.2) is 22.7 Å². The summed E-state index contributed by atoms with van der Waals surface area (Å²) < 4.78 is 9.09. The third-order valence-corrected chi connectivity index (χ3v) is 1.39. The number of piperidine rings is 1. The second-order valence-corrected chi connectivity index (χ2v) is 4.81. The summed E-state index contributed by atoms with van der Waals surface area (Å²) in [7, 11) is 7.36. The van der Waals surface area contributed by atoms with Crippen LogP contribution in [0.4, 0.5) is 0 Å². The van der Waals surface area contributed by atoms with Crippen LogP contribution in [0.1, 0.15) is 19.3 Å². The van der Waals surface area contributed by atoms with Crippen LogP contribution < -0.4 is 5.84 Å². The Hall–Kier alpha value is 0.810. The lowest BCUT2D eigenvalue weighted by Crippen LogP contribution is -2.35. The standard InChI is InChI=1S/C5H12N2.Cl2OS/c6-7-4-2-1-3-5-7;1-4(2)3/h1-6H2;. The summed E-state index contributed by atoms with van der Waals surface area (Å²) in [5.41, 5.74) is 0. The first-order valence-electron chi connectivity index (χ1n) is 3.37. The minimum absolute atomic E-state index is 1.10. The smallest absolute Gasteiger partial charge is 0.198 e. The summed E-state index contributed by atoms with van der Waals surface area (Å²) in [6, 6.07) is 0. The molecule has 3 nitrogen and oxygen atoms in total. The fourth-order valence-corrected chi connectivity index (χ4v) is 0.918. The minimum Gasteiger partial charge on any atom is -0.582 e. The minimum atomic E-state index is -1.67. The van der Waals surface area contributed by atoms with Gasteiger partial charge in [-0.3, -0.25) is 5.84 Å². The molecule has 0 aliphatic carbocycles. The summed E-state index contributed by atoms with van der Waals surface area (Å²) in [5.74, 6) is 5.47. The van der Waals surface area contributed by atoms with Crippen LogP contribution in [0.25, 0.3) is 0 Å². The van der Waals surface area contributed by atoms with E-state index in [2.05, 4.69) is 21.4 Å². The first-order chi connectivity index (χ1) is 5.13. The highest BCUT2D eigenvalue weighted by Gasteiger charge is 2.02. The highest BCUT2D eigenvalue weighted by Crippen LogP contribution is 2.03. The van der Waals surface area contributed by atoms with E-state index in [9.17, 15) is 0 Å².